The summed E-state index contributed by atoms with van der Waals surface area (Å²) >= 11 is 0. The van der Waals surface area contributed by atoms with Gasteiger partial charge in [-0.3, -0.25) is 14.4 Å². The molecule has 0 radical (unpaired) electrons. The van der Waals surface area contributed by atoms with E-state index < -0.39 is 47.9 Å². The molecule has 5 atom stereocenters. The normalized spacial score (nSPS) is 18.2. The second-order valence-corrected chi connectivity index (χ2v) is 10.4. The lowest BCUT2D eigenvalue weighted by molar-refractivity contribution is -0.146. The van der Waals surface area contributed by atoms with E-state index in [2.05, 4.69) is 25.6 Å². The van der Waals surface area contributed by atoms with Crippen LogP contribution in [0.3, 0.4) is 0 Å². The number of hydrogen-bond acceptors (Lipinski definition) is 6. The summed E-state index contributed by atoms with van der Waals surface area (Å²) in [5.74, 6) is -2.84. The second kappa shape index (κ2) is 12.8. The molecule has 1 aromatic carbocycles. The highest BCUT2D eigenvalue weighted by Gasteiger charge is 2.40. The number of aromatic nitrogens is 3. The number of carbonyl (C=O) groups excluding carboxylic acids is 3. The van der Waals surface area contributed by atoms with Crippen molar-refractivity contribution < 1.29 is 24.3 Å². The van der Waals surface area contributed by atoms with E-state index >= 15 is 0 Å². The fourth-order valence-electron chi connectivity index (χ4n) is 5.16. The van der Waals surface area contributed by atoms with Crippen LogP contribution >= 0.6 is 0 Å². The van der Waals surface area contributed by atoms with Gasteiger partial charge >= 0.3 is 5.97 Å². The van der Waals surface area contributed by atoms with Crippen molar-refractivity contribution >= 4 is 34.6 Å². The van der Waals surface area contributed by atoms with E-state index in [1.807, 2.05) is 37.4 Å². The van der Waals surface area contributed by atoms with Gasteiger partial charge in [0.15, 0.2) is 0 Å². The summed E-state index contributed by atoms with van der Waals surface area (Å²) in [6, 6.07) is 3.91. The van der Waals surface area contributed by atoms with Crippen LogP contribution in [0, 0.1) is 5.92 Å². The van der Waals surface area contributed by atoms with Crippen LogP contribution in [-0.4, -0.2) is 79.4 Å². The summed E-state index contributed by atoms with van der Waals surface area (Å²) in [5, 5.41) is 16.0. The van der Waals surface area contributed by atoms with Gasteiger partial charge in [-0.05, 0) is 36.8 Å². The number of aromatic amines is 2. The number of hydrogen-bond donors (Lipinski definition) is 6. The smallest absolute Gasteiger partial charge is 0.326 e. The third kappa shape index (κ3) is 6.50. The molecule has 12 heteroatoms. The number of nitrogens with one attached hydrogen (secondary N) is 4. The van der Waals surface area contributed by atoms with Gasteiger partial charge in [-0.25, -0.2) is 9.78 Å². The number of carbonyl (C=O) groups is 4. The number of para-hydroxylation sites is 1. The highest BCUT2D eigenvalue weighted by molar-refractivity contribution is 5.95. The maximum absolute atomic E-state index is 13.8. The number of amides is 3. The fraction of sp³-hybridized carbons (Fsp3) is 0.464. The number of benzene rings is 1. The molecule has 1 fully saturated rings. The molecule has 1 aliphatic heterocycles. The Kier molecular flexibility index (Phi) is 9.20. The molecule has 4 rings (SSSR count). The number of imidazole rings is 1. The van der Waals surface area contributed by atoms with Crippen molar-refractivity contribution in [2.75, 3.05) is 6.54 Å². The largest absolute Gasteiger partial charge is 0.480 e. The molecule has 214 valence electrons. The first-order chi connectivity index (χ1) is 19.2. The molecule has 3 amide bonds. The van der Waals surface area contributed by atoms with Gasteiger partial charge in [0, 0.05) is 42.0 Å². The second-order valence-electron chi connectivity index (χ2n) is 10.4. The van der Waals surface area contributed by atoms with Crippen LogP contribution in [0.25, 0.3) is 10.9 Å². The molecule has 3 heterocycles. The minimum atomic E-state index is -1.12. The van der Waals surface area contributed by atoms with E-state index in [0.717, 1.165) is 16.5 Å². The lowest BCUT2D eigenvalue weighted by Crippen LogP contribution is -2.58. The number of nitrogens with zero attached hydrogens (tertiary/aromatic N) is 2. The molecule has 2 aromatic heterocycles. The first-order valence-electron chi connectivity index (χ1n) is 13.6. The molecular weight excluding hydrogens is 514 g/mol. The third-order valence-corrected chi connectivity index (χ3v) is 7.66. The minimum Gasteiger partial charge on any atom is -0.480 e. The SMILES string of the molecule is CCC(C)C(NC(=O)C1CCCN1C(=O)C(Cc1cnc[nH]1)NC(=O)C(N)Cc1c[nH]c2ccccc12)C(=O)O. The average Bonchev–Trinajstić information content (AvgIpc) is 3.72. The number of carboxylic acid groups (broad SMARTS) is 1. The van der Waals surface area contributed by atoms with Gasteiger partial charge in [-0.1, -0.05) is 38.5 Å². The van der Waals surface area contributed by atoms with Crippen LogP contribution < -0.4 is 16.4 Å². The number of rotatable bonds is 12. The maximum atomic E-state index is 13.8. The van der Waals surface area contributed by atoms with Gasteiger partial charge in [0.05, 0.1) is 12.4 Å². The average molecular weight is 552 g/mol. The van der Waals surface area contributed by atoms with Gasteiger partial charge in [-0.2, -0.15) is 0 Å². The molecule has 3 aromatic rings. The first-order valence-corrected chi connectivity index (χ1v) is 13.6. The lowest BCUT2D eigenvalue weighted by atomic mass is 9.98. The zero-order valence-electron chi connectivity index (χ0n) is 22.7. The van der Waals surface area contributed by atoms with Crippen LogP contribution in [0.15, 0.2) is 43.0 Å². The zero-order valence-corrected chi connectivity index (χ0v) is 22.7. The van der Waals surface area contributed by atoms with Crippen molar-refractivity contribution in [2.45, 2.75) is 70.1 Å². The number of likely N-dealkylation sites (tertiary alicyclic amines) is 1. The maximum Gasteiger partial charge on any atom is 0.326 e. The summed E-state index contributed by atoms with van der Waals surface area (Å²) in [4.78, 5) is 63.5. The molecule has 0 bridgehead atoms. The molecule has 40 heavy (non-hydrogen) atoms. The van der Waals surface area contributed by atoms with E-state index in [0.29, 0.717) is 31.5 Å². The molecule has 0 saturated carbocycles. The number of nitrogens with two attached hydrogens (primary N) is 1. The molecule has 0 spiro atoms. The van der Waals surface area contributed by atoms with Crippen molar-refractivity contribution in [3.63, 3.8) is 0 Å². The minimum absolute atomic E-state index is 0.125. The highest BCUT2D eigenvalue weighted by Crippen LogP contribution is 2.22. The van der Waals surface area contributed by atoms with Crippen LogP contribution in [0.1, 0.15) is 44.4 Å². The Morgan fingerprint density at radius 2 is 1.95 bits per heavy atom. The quantitative estimate of drug-likeness (QED) is 0.194. The molecule has 1 saturated heterocycles. The van der Waals surface area contributed by atoms with Crippen molar-refractivity contribution in [1.82, 2.24) is 30.5 Å². The van der Waals surface area contributed by atoms with Gasteiger partial charge in [0.2, 0.25) is 17.7 Å². The van der Waals surface area contributed by atoms with Crippen molar-refractivity contribution in [3.8, 4) is 0 Å². The van der Waals surface area contributed by atoms with Crippen molar-refractivity contribution in [1.29, 1.82) is 0 Å². The Labute approximate surface area is 232 Å². The third-order valence-electron chi connectivity index (χ3n) is 7.66. The monoisotopic (exact) mass is 551 g/mol. The molecule has 7 N–H and O–H groups in total. The summed E-state index contributed by atoms with van der Waals surface area (Å²) < 4.78 is 0. The van der Waals surface area contributed by atoms with E-state index in [9.17, 15) is 24.3 Å². The predicted molar refractivity (Wildman–Crippen MR) is 148 cm³/mol. The van der Waals surface area contributed by atoms with Crippen LogP contribution in [0.4, 0.5) is 0 Å². The van der Waals surface area contributed by atoms with Crippen LogP contribution in [0.5, 0.6) is 0 Å². The topological polar surface area (TPSA) is 186 Å². The molecule has 0 aliphatic carbocycles. The standard InChI is InChI=1S/C28H37N7O5/c1-3-16(2)24(28(39)40)34-26(37)23-9-6-10-35(23)27(38)22(12-18-14-30-15-32-18)33-25(36)20(29)11-17-13-31-21-8-5-4-7-19(17)21/h4-5,7-8,13-16,20,22-24,31H,3,6,9-12,29H2,1-2H3,(H,30,32)(H,33,36)(H,34,37)(H,39,40). The zero-order chi connectivity index (χ0) is 28.8. The Bertz CT molecular complexity index is 1340. The van der Waals surface area contributed by atoms with E-state index in [1.165, 1.54) is 11.2 Å². The van der Waals surface area contributed by atoms with Crippen molar-refractivity contribution in [2.24, 2.45) is 11.7 Å². The highest BCUT2D eigenvalue weighted by atomic mass is 16.4. The van der Waals surface area contributed by atoms with Gasteiger partial charge in [0.25, 0.3) is 0 Å². The van der Waals surface area contributed by atoms with Crippen LogP contribution in [0.2, 0.25) is 0 Å². The summed E-state index contributed by atoms with van der Waals surface area (Å²) in [6.45, 7) is 3.92. The molecule has 12 nitrogen and oxygen atoms in total. The summed E-state index contributed by atoms with van der Waals surface area (Å²) in [7, 11) is 0. The van der Waals surface area contributed by atoms with Crippen molar-refractivity contribution in [3.05, 3.63) is 54.2 Å². The molecule has 5 unspecified atom stereocenters. The number of fused-ring (bicyclic) bond motifs is 1. The number of aliphatic carboxylic acids is 1. The Morgan fingerprint density at radius 1 is 1.18 bits per heavy atom. The molecule has 1 aliphatic rings. The Balaban J connectivity index is 1.48. The lowest BCUT2D eigenvalue weighted by Gasteiger charge is -2.30. The Hall–Kier alpha value is -4.19. The van der Waals surface area contributed by atoms with E-state index in [4.69, 9.17) is 5.73 Å². The predicted octanol–water partition coefficient (Wildman–Crippen LogP) is 1.09. The Morgan fingerprint density at radius 3 is 2.65 bits per heavy atom. The summed E-state index contributed by atoms with van der Waals surface area (Å²) in [6.07, 6.45) is 6.81. The number of H-pyrrole nitrogens is 2. The van der Waals surface area contributed by atoms with Gasteiger partial charge in [-0.15, -0.1) is 0 Å². The summed E-state index contributed by atoms with van der Waals surface area (Å²) in [5.41, 5.74) is 8.74. The van der Waals surface area contributed by atoms with Gasteiger partial charge < -0.3 is 36.3 Å². The fourth-order valence-corrected chi connectivity index (χ4v) is 5.16. The van der Waals surface area contributed by atoms with E-state index in [1.54, 1.807) is 13.1 Å². The number of carboxylic acids is 1. The first kappa shape index (κ1) is 28.8. The van der Waals surface area contributed by atoms with E-state index in [-0.39, 0.29) is 18.8 Å². The van der Waals surface area contributed by atoms with Gasteiger partial charge in [0.1, 0.15) is 18.1 Å². The molecular formula is C28H37N7O5. The van der Waals surface area contributed by atoms with Crippen LogP contribution in [-0.2, 0) is 32.0 Å².